The summed E-state index contributed by atoms with van der Waals surface area (Å²) in [5, 5.41) is 9.21. The smallest absolute Gasteiger partial charge is 0.237 e. The SMILES string of the molecule is Cc1ccc(OCc2nnc(SCC(=O)N3CCCc4ccccc43)n2C)c(C)c1. The maximum absolute atomic E-state index is 12.9. The lowest BCUT2D eigenvalue weighted by molar-refractivity contribution is -0.116. The van der Waals surface area contributed by atoms with Crippen molar-refractivity contribution in [2.75, 3.05) is 17.2 Å². The van der Waals surface area contributed by atoms with Crippen LogP contribution in [-0.2, 0) is 24.9 Å². The molecule has 0 aliphatic carbocycles. The third kappa shape index (κ3) is 4.36. The summed E-state index contributed by atoms with van der Waals surface area (Å²) in [4.78, 5) is 14.7. The molecule has 30 heavy (non-hydrogen) atoms. The van der Waals surface area contributed by atoms with Gasteiger partial charge in [0.15, 0.2) is 11.0 Å². The second-order valence-electron chi connectivity index (χ2n) is 7.58. The molecule has 1 aliphatic rings. The second-order valence-corrected chi connectivity index (χ2v) is 8.52. The van der Waals surface area contributed by atoms with Crippen molar-refractivity contribution in [1.29, 1.82) is 0 Å². The largest absolute Gasteiger partial charge is 0.485 e. The summed E-state index contributed by atoms with van der Waals surface area (Å²) in [5.74, 6) is 2.01. The quantitative estimate of drug-likeness (QED) is 0.560. The second kappa shape index (κ2) is 8.92. The average Bonchev–Trinajstić information content (AvgIpc) is 3.10. The lowest BCUT2D eigenvalue weighted by atomic mass is 10.0. The first-order valence-corrected chi connectivity index (χ1v) is 11.1. The van der Waals surface area contributed by atoms with Gasteiger partial charge in [-0.25, -0.2) is 0 Å². The van der Waals surface area contributed by atoms with Gasteiger partial charge in [-0.15, -0.1) is 10.2 Å². The van der Waals surface area contributed by atoms with Gasteiger partial charge in [-0.05, 0) is 49.9 Å². The molecule has 0 radical (unpaired) electrons. The maximum atomic E-state index is 12.9. The fourth-order valence-electron chi connectivity index (χ4n) is 3.70. The summed E-state index contributed by atoms with van der Waals surface area (Å²) in [6.45, 7) is 5.20. The Morgan fingerprint density at radius 1 is 1.17 bits per heavy atom. The molecular weight excluding hydrogens is 396 g/mol. The molecule has 4 rings (SSSR count). The Bertz CT molecular complexity index is 1060. The number of aryl methyl sites for hydroxylation is 3. The minimum Gasteiger partial charge on any atom is -0.485 e. The van der Waals surface area contributed by atoms with Crippen molar-refractivity contribution in [3.05, 3.63) is 65.0 Å². The molecule has 1 aromatic heterocycles. The first-order chi connectivity index (χ1) is 14.5. The van der Waals surface area contributed by atoms with E-state index >= 15 is 0 Å². The van der Waals surface area contributed by atoms with Gasteiger partial charge in [0.25, 0.3) is 0 Å². The zero-order valence-corrected chi connectivity index (χ0v) is 18.4. The standard InChI is InChI=1S/C23H26N4O2S/c1-16-10-11-20(17(2)13-16)29-14-21-24-25-23(26(21)3)30-15-22(28)27-12-6-8-18-7-4-5-9-19(18)27/h4-5,7,9-11,13H,6,8,12,14-15H2,1-3H3. The Labute approximate surface area is 181 Å². The molecule has 6 nitrogen and oxygen atoms in total. The molecule has 1 amide bonds. The van der Waals surface area contributed by atoms with Crippen LogP contribution in [0.25, 0.3) is 0 Å². The Hall–Kier alpha value is -2.80. The van der Waals surface area contributed by atoms with Crippen molar-refractivity contribution in [3.63, 3.8) is 0 Å². The van der Waals surface area contributed by atoms with E-state index in [2.05, 4.69) is 29.3 Å². The summed E-state index contributed by atoms with van der Waals surface area (Å²) in [6, 6.07) is 14.3. The molecule has 2 heterocycles. The molecule has 0 atom stereocenters. The van der Waals surface area contributed by atoms with Crippen LogP contribution in [0.1, 0.15) is 28.9 Å². The van der Waals surface area contributed by atoms with E-state index in [1.54, 1.807) is 0 Å². The molecular formula is C23H26N4O2S. The first-order valence-electron chi connectivity index (χ1n) is 10.1. The predicted molar refractivity (Wildman–Crippen MR) is 119 cm³/mol. The van der Waals surface area contributed by atoms with Crippen molar-refractivity contribution < 1.29 is 9.53 Å². The summed E-state index contributed by atoms with van der Waals surface area (Å²) in [6.07, 6.45) is 2.03. The zero-order valence-electron chi connectivity index (χ0n) is 17.6. The predicted octanol–water partition coefficient (Wildman–Crippen LogP) is 4.08. The van der Waals surface area contributed by atoms with Crippen molar-refractivity contribution in [2.45, 2.75) is 38.5 Å². The van der Waals surface area contributed by atoms with Gasteiger partial charge >= 0.3 is 0 Å². The van der Waals surface area contributed by atoms with Gasteiger partial charge < -0.3 is 14.2 Å². The van der Waals surface area contributed by atoms with Crippen LogP contribution < -0.4 is 9.64 Å². The molecule has 0 spiro atoms. The third-order valence-corrected chi connectivity index (χ3v) is 6.35. The fraction of sp³-hybridized carbons (Fsp3) is 0.348. The van der Waals surface area contributed by atoms with Crippen LogP contribution in [0.4, 0.5) is 5.69 Å². The first kappa shape index (κ1) is 20.5. The number of ether oxygens (including phenoxy) is 1. The third-order valence-electron chi connectivity index (χ3n) is 5.35. The van der Waals surface area contributed by atoms with Crippen LogP contribution in [0.15, 0.2) is 47.6 Å². The van der Waals surface area contributed by atoms with Gasteiger partial charge in [-0.3, -0.25) is 4.79 Å². The lowest BCUT2D eigenvalue weighted by Gasteiger charge is -2.29. The van der Waals surface area contributed by atoms with Crippen molar-refractivity contribution in [3.8, 4) is 5.75 Å². The van der Waals surface area contributed by atoms with Gasteiger partial charge in [0.05, 0.1) is 5.75 Å². The number of carbonyl (C=O) groups is 1. The molecule has 0 fully saturated rings. The van der Waals surface area contributed by atoms with E-state index in [-0.39, 0.29) is 5.91 Å². The van der Waals surface area contributed by atoms with Crippen molar-refractivity contribution >= 4 is 23.4 Å². The minimum atomic E-state index is 0.100. The zero-order chi connectivity index (χ0) is 21.1. The van der Waals surface area contributed by atoms with Crippen LogP contribution >= 0.6 is 11.8 Å². The van der Waals surface area contributed by atoms with Crippen LogP contribution in [0.3, 0.4) is 0 Å². The lowest BCUT2D eigenvalue weighted by Crippen LogP contribution is -2.36. The Balaban J connectivity index is 1.37. The van der Waals surface area contributed by atoms with Crippen molar-refractivity contribution in [1.82, 2.24) is 14.8 Å². The molecule has 3 aromatic rings. The highest BCUT2D eigenvalue weighted by atomic mass is 32.2. The molecule has 156 valence electrons. The van der Waals surface area contributed by atoms with Crippen LogP contribution in [0.2, 0.25) is 0 Å². The molecule has 2 aromatic carbocycles. The van der Waals surface area contributed by atoms with Crippen LogP contribution in [0.5, 0.6) is 5.75 Å². The molecule has 0 unspecified atom stereocenters. The summed E-state index contributed by atoms with van der Waals surface area (Å²) in [5.41, 5.74) is 4.58. The molecule has 0 N–H and O–H groups in total. The van der Waals surface area contributed by atoms with Gasteiger partial charge in [-0.2, -0.15) is 0 Å². The number of para-hydroxylation sites is 1. The number of rotatable bonds is 6. The number of hydrogen-bond donors (Lipinski definition) is 0. The van der Waals surface area contributed by atoms with E-state index < -0.39 is 0 Å². The highest BCUT2D eigenvalue weighted by molar-refractivity contribution is 7.99. The molecule has 0 bridgehead atoms. The number of hydrogen-bond acceptors (Lipinski definition) is 5. The number of thioether (sulfide) groups is 1. The average molecular weight is 423 g/mol. The summed E-state index contributed by atoms with van der Waals surface area (Å²) in [7, 11) is 1.91. The minimum absolute atomic E-state index is 0.100. The Morgan fingerprint density at radius 3 is 2.83 bits per heavy atom. The van der Waals surface area contributed by atoms with Gasteiger partial charge in [0.2, 0.25) is 5.91 Å². The number of carbonyl (C=O) groups excluding carboxylic acids is 1. The fourth-order valence-corrected chi connectivity index (χ4v) is 4.50. The summed E-state index contributed by atoms with van der Waals surface area (Å²) < 4.78 is 7.82. The Morgan fingerprint density at radius 2 is 2.00 bits per heavy atom. The highest BCUT2D eigenvalue weighted by Gasteiger charge is 2.23. The maximum Gasteiger partial charge on any atom is 0.237 e. The number of benzene rings is 2. The number of amides is 1. The number of anilines is 1. The van der Waals surface area contributed by atoms with Gasteiger partial charge in [-0.1, -0.05) is 47.7 Å². The van der Waals surface area contributed by atoms with E-state index in [9.17, 15) is 4.79 Å². The molecule has 0 saturated heterocycles. The van der Waals surface area contributed by atoms with Crippen molar-refractivity contribution in [2.24, 2.45) is 7.05 Å². The number of nitrogens with zero attached hydrogens (tertiary/aromatic N) is 4. The van der Waals surface area contributed by atoms with E-state index in [4.69, 9.17) is 4.74 Å². The van der Waals surface area contributed by atoms with Gasteiger partial charge in [0, 0.05) is 19.3 Å². The monoisotopic (exact) mass is 422 g/mol. The molecule has 0 saturated carbocycles. The van der Waals surface area contributed by atoms with Gasteiger partial charge in [0.1, 0.15) is 12.4 Å². The Kier molecular flexibility index (Phi) is 6.08. The van der Waals surface area contributed by atoms with Crippen LogP contribution in [-0.4, -0.2) is 33.0 Å². The topological polar surface area (TPSA) is 60.3 Å². The molecule has 7 heteroatoms. The number of fused-ring (bicyclic) bond motifs is 1. The normalized spacial score (nSPS) is 13.2. The molecule has 1 aliphatic heterocycles. The summed E-state index contributed by atoms with van der Waals surface area (Å²) >= 11 is 1.41. The number of aromatic nitrogens is 3. The van der Waals surface area contributed by atoms with E-state index in [1.165, 1.54) is 22.9 Å². The van der Waals surface area contributed by atoms with Crippen LogP contribution in [0, 0.1) is 13.8 Å². The van der Waals surface area contributed by atoms with E-state index in [0.29, 0.717) is 17.5 Å². The highest BCUT2D eigenvalue weighted by Crippen LogP contribution is 2.28. The van der Waals surface area contributed by atoms with E-state index in [1.807, 2.05) is 53.8 Å². The van der Waals surface area contributed by atoms with E-state index in [0.717, 1.165) is 42.2 Å².